The van der Waals surface area contributed by atoms with Crippen LogP contribution in [0.3, 0.4) is 0 Å². The molecule has 23 heavy (non-hydrogen) atoms. The van der Waals surface area contributed by atoms with Gasteiger partial charge >= 0.3 is 0 Å². The third-order valence-electron chi connectivity index (χ3n) is 3.44. The molecule has 1 aliphatic heterocycles. The molecular formula is C17H10N2O3S. The van der Waals surface area contributed by atoms with Crippen molar-refractivity contribution in [1.82, 2.24) is 10.3 Å². The predicted octanol–water partition coefficient (Wildman–Crippen LogP) is 3.82. The summed E-state index contributed by atoms with van der Waals surface area (Å²) in [5.41, 5.74) is 1.74. The third-order valence-corrected chi connectivity index (χ3v) is 4.25. The molecule has 0 bridgehead atoms. The van der Waals surface area contributed by atoms with Crippen LogP contribution in [0.2, 0.25) is 0 Å². The Balaban J connectivity index is 1.74. The van der Waals surface area contributed by atoms with Gasteiger partial charge in [0.2, 0.25) is 0 Å². The SMILES string of the molecule is O=C1NC(=O)/C(=C/c2ccc(-c3cccc4cccnc34)o2)S1. The summed E-state index contributed by atoms with van der Waals surface area (Å²) in [6.07, 6.45) is 3.30. The lowest BCUT2D eigenvalue weighted by atomic mass is 10.1. The Morgan fingerprint density at radius 1 is 1.09 bits per heavy atom. The third kappa shape index (κ3) is 2.53. The van der Waals surface area contributed by atoms with Crippen LogP contribution in [0.5, 0.6) is 0 Å². The monoisotopic (exact) mass is 322 g/mol. The fourth-order valence-electron chi connectivity index (χ4n) is 2.43. The number of rotatable bonds is 2. The van der Waals surface area contributed by atoms with E-state index < -0.39 is 5.91 Å². The Kier molecular flexibility index (Phi) is 3.24. The fourth-order valence-corrected chi connectivity index (χ4v) is 3.09. The number of fused-ring (bicyclic) bond motifs is 1. The van der Waals surface area contributed by atoms with Crippen LogP contribution in [0.1, 0.15) is 5.76 Å². The lowest BCUT2D eigenvalue weighted by molar-refractivity contribution is -0.115. The first-order valence-corrected chi connectivity index (χ1v) is 7.71. The van der Waals surface area contributed by atoms with Gasteiger partial charge in [-0.25, -0.2) is 0 Å². The Morgan fingerprint density at radius 2 is 1.96 bits per heavy atom. The molecule has 0 unspecified atom stereocenters. The number of para-hydroxylation sites is 1. The fraction of sp³-hybridized carbons (Fsp3) is 0. The van der Waals surface area contributed by atoms with Crippen molar-refractivity contribution in [1.29, 1.82) is 0 Å². The molecule has 3 heterocycles. The van der Waals surface area contributed by atoms with Crippen LogP contribution < -0.4 is 5.32 Å². The number of amides is 2. The lowest BCUT2D eigenvalue weighted by Crippen LogP contribution is -2.17. The van der Waals surface area contributed by atoms with Crippen molar-refractivity contribution in [3.63, 3.8) is 0 Å². The highest BCUT2D eigenvalue weighted by atomic mass is 32.2. The van der Waals surface area contributed by atoms with Crippen LogP contribution in [0.25, 0.3) is 28.3 Å². The molecular weight excluding hydrogens is 312 g/mol. The molecule has 1 aliphatic rings. The number of imide groups is 1. The van der Waals surface area contributed by atoms with Crippen LogP contribution in [0.4, 0.5) is 4.79 Å². The number of pyridine rings is 1. The number of aromatic nitrogens is 1. The summed E-state index contributed by atoms with van der Waals surface area (Å²) in [5.74, 6) is 0.779. The van der Waals surface area contributed by atoms with E-state index in [9.17, 15) is 9.59 Å². The zero-order chi connectivity index (χ0) is 15.8. The molecule has 5 nitrogen and oxygen atoms in total. The van der Waals surface area contributed by atoms with E-state index in [0.717, 1.165) is 28.2 Å². The summed E-state index contributed by atoms with van der Waals surface area (Å²) < 4.78 is 5.80. The average Bonchev–Trinajstić information content (AvgIpc) is 3.14. The summed E-state index contributed by atoms with van der Waals surface area (Å²) in [7, 11) is 0. The maximum absolute atomic E-state index is 11.6. The molecule has 2 amide bonds. The van der Waals surface area contributed by atoms with Crippen LogP contribution in [-0.2, 0) is 4.79 Å². The number of carbonyl (C=O) groups is 2. The van der Waals surface area contributed by atoms with Crippen molar-refractivity contribution in [2.45, 2.75) is 0 Å². The first-order chi connectivity index (χ1) is 11.2. The number of hydrogen-bond donors (Lipinski definition) is 1. The molecule has 1 aromatic carbocycles. The summed E-state index contributed by atoms with van der Waals surface area (Å²) in [4.78, 5) is 27.5. The summed E-state index contributed by atoms with van der Waals surface area (Å²) >= 11 is 0.865. The quantitative estimate of drug-likeness (QED) is 0.726. The van der Waals surface area contributed by atoms with Crippen molar-refractivity contribution in [3.8, 4) is 11.3 Å². The lowest BCUT2D eigenvalue weighted by Gasteiger charge is -2.02. The molecule has 1 fully saturated rings. The Hall–Kier alpha value is -2.86. The standard InChI is InChI=1S/C17H10N2O3S/c20-16-14(23-17(21)19-16)9-11-6-7-13(22-11)12-5-1-3-10-4-2-8-18-15(10)12/h1-9H,(H,19,20,21)/b14-9-. The molecule has 2 aromatic heterocycles. The van der Waals surface area contributed by atoms with Crippen LogP contribution in [0, 0.1) is 0 Å². The Morgan fingerprint density at radius 3 is 2.78 bits per heavy atom. The summed E-state index contributed by atoms with van der Waals surface area (Å²) in [6, 6.07) is 13.3. The van der Waals surface area contributed by atoms with Gasteiger partial charge in [0.15, 0.2) is 0 Å². The molecule has 3 aromatic rings. The number of furan rings is 1. The Labute approximate surface area is 135 Å². The highest BCUT2D eigenvalue weighted by molar-refractivity contribution is 8.18. The van der Waals surface area contributed by atoms with Gasteiger partial charge in [-0.15, -0.1) is 0 Å². The zero-order valence-corrected chi connectivity index (χ0v) is 12.6. The van der Waals surface area contributed by atoms with Crippen LogP contribution >= 0.6 is 11.8 Å². The largest absolute Gasteiger partial charge is 0.457 e. The molecule has 0 spiro atoms. The van der Waals surface area contributed by atoms with E-state index >= 15 is 0 Å². The first-order valence-electron chi connectivity index (χ1n) is 6.89. The summed E-state index contributed by atoms with van der Waals surface area (Å²) in [5, 5.41) is 2.87. The first kappa shape index (κ1) is 13.8. The van der Waals surface area contributed by atoms with E-state index in [1.54, 1.807) is 18.3 Å². The van der Waals surface area contributed by atoms with Crippen molar-refractivity contribution in [2.75, 3.05) is 0 Å². The molecule has 1 saturated heterocycles. The minimum atomic E-state index is -0.398. The van der Waals surface area contributed by atoms with Gasteiger partial charge < -0.3 is 4.42 Å². The molecule has 0 saturated carbocycles. The van der Waals surface area contributed by atoms with E-state index in [0.29, 0.717) is 16.4 Å². The number of carbonyl (C=O) groups excluding carboxylic acids is 2. The second kappa shape index (κ2) is 5.40. The van der Waals surface area contributed by atoms with Gasteiger partial charge in [-0.2, -0.15) is 0 Å². The van der Waals surface area contributed by atoms with E-state index in [1.165, 1.54) is 0 Å². The Bertz CT molecular complexity index is 969. The van der Waals surface area contributed by atoms with Gasteiger partial charge in [0.25, 0.3) is 11.1 Å². The van der Waals surface area contributed by atoms with Gasteiger partial charge in [-0.05, 0) is 36.0 Å². The number of nitrogens with one attached hydrogen (secondary N) is 1. The van der Waals surface area contributed by atoms with Crippen molar-refractivity contribution in [2.24, 2.45) is 0 Å². The smallest absolute Gasteiger partial charge is 0.290 e. The van der Waals surface area contributed by atoms with Gasteiger partial charge in [0.1, 0.15) is 11.5 Å². The van der Waals surface area contributed by atoms with Crippen molar-refractivity contribution in [3.05, 3.63) is 59.3 Å². The second-order valence-electron chi connectivity index (χ2n) is 4.93. The average molecular weight is 322 g/mol. The van der Waals surface area contributed by atoms with Gasteiger partial charge in [0.05, 0.1) is 10.4 Å². The minimum Gasteiger partial charge on any atom is -0.457 e. The number of benzene rings is 1. The highest BCUT2D eigenvalue weighted by Crippen LogP contribution is 2.31. The molecule has 112 valence electrons. The van der Waals surface area contributed by atoms with E-state index in [2.05, 4.69) is 10.3 Å². The number of nitrogens with zero attached hydrogens (tertiary/aromatic N) is 1. The molecule has 0 radical (unpaired) electrons. The molecule has 6 heteroatoms. The maximum atomic E-state index is 11.6. The van der Waals surface area contributed by atoms with Crippen LogP contribution in [0.15, 0.2) is 58.0 Å². The minimum absolute atomic E-state index is 0.326. The van der Waals surface area contributed by atoms with E-state index in [-0.39, 0.29) is 5.24 Å². The molecule has 0 atom stereocenters. The highest BCUT2D eigenvalue weighted by Gasteiger charge is 2.25. The zero-order valence-electron chi connectivity index (χ0n) is 11.8. The predicted molar refractivity (Wildman–Crippen MR) is 88.6 cm³/mol. The summed E-state index contributed by atoms with van der Waals surface area (Å²) in [6.45, 7) is 0. The topological polar surface area (TPSA) is 72.2 Å². The van der Waals surface area contributed by atoms with Gasteiger partial charge in [0, 0.05) is 23.2 Å². The molecule has 0 aliphatic carbocycles. The van der Waals surface area contributed by atoms with Crippen LogP contribution in [-0.4, -0.2) is 16.1 Å². The molecule has 4 rings (SSSR count). The van der Waals surface area contributed by atoms with Crippen molar-refractivity contribution < 1.29 is 14.0 Å². The normalized spacial score (nSPS) is 16.3. The van der Waals surface area contributed by atoms with Crippen molar-refractivity contribution >= 4 is 39.9 Å². The second-order valence-corrected chi connectivity index (χ2v) is 5.95. The van der Waals surface area contributed by atoms with Gasteiger partial charge in [-0.1, -0.05) is 18.2 Å². The maximum Gasteiger partial charge on any atom is 0.290 e. The number of hydrogen-bond acceptors (Lipinski definition) is 5. The van der Waals surface area contributed by atoms with Gasteiger partial charge in [-0.3, -0.25) is 19.9 Å². The number of thioether (sulfide) groups is 1. The van der Waals surface area contributed by atoms with E-state index in [1.807, 2.05) is 36.4 Å². The molecule has 1 N–H and O–H groups in total. The van der Waals surface area contributed by atoms with E-state index in [4.69, 9.17) is 4.42 Å².